The number of aromatic nitrogens is 2. The molecule has 7 heteroatoms. The number of hydrogen-bond donors (Lipinski definition) is 2. The number of urea groups is 1. The van der Waals surface area contributed by atoms with Crippen LogP contribution >= 0.6 is 0 Å². The van der Waals surface area contributed by atoms with Gasteiger partial charge < -0.3 is 15.4 Å². The van der Waals surface area contributed by atoms with E-state index >= 15 is 0 Å². The molecular formula is C23H23N5O2. The van der Waals surface area contributed by atoms with Crippen LogP contribution in [0.1, 0.15) is 36.9 Å². The fourth-order valence-electron chi connectivity index (χ4n) is 3.83. The largest absolute Gasteiger partial charge is 0.472 e. The van der Waals surface area contributed by atoms with Gasteiger partial charge in [0.15, 0.2) is 0 Å². The second-order valence-electron chi connectivity index (χ2n) is 7.38. The van der Waals surface area contributed by atoms with Crippen molar-refractivity contribution in [3.8, 4) is 11.9 Å². The molecule has 2 aromatic carbocycles. The Morgan fingerprint density at radius 1 is 1.07 bits per heavy atom. The normalized spacial score (nSPS) is 18.4. The van der Waals surface area contributed by atoms with Gasteiger partial charge in [-0.05, 0) is 42.0 Å². The van der Waals surface area contributed by atoms with Crippen molar-refractivity contribution in [2.75, 3.05) is 0 Å². The first-order chi connectivity index (χ1) is 14.7. The Labute approximate surface area is 175 Å². The van der Waals surface area contributed by atoms with E-state index in [0.717, 1.165) is 42.0 Å². The van der Waals surface area contributed by atoms with Crippen LogP contribution in [0.3, 0.4) is 0 Å². The minimum absolute atomic E-state index is 0.0226. The van der Waals surface area contributed by atoms with Gasteiger partial charge in [0.25, 0.3) is 5.88 Å². The van der Waals surface area contributed by atoms with E-state index in [4.69, 9.17) is 10.00 Å². The first kappa shape index (κ1) is 19.6. The molecule has 1 aromatic heterocycles. The van der Waals surface area contributed by atoms with Gasteiger partial charge in [0.1, 0.15) is 12.2 Å². The van der Waals surface area contributed by atoms with Crippen LogP contribution in [0.5, 0.6) is 5.88 Å². The molecule has 1 heterocycles. The molecule has 0 bridgehead atoms. The number of ether oxygens (including phenoxy) is 1. The van der Waals surface area contributed by atoms with Crippen molar-refractivity contribution in [2.24, 2.45) is 0 Å². The Morgan fingerprint density at radius 3 is 2.67 bits per heavy atom. The summed E-state index contributed by atoms with van der Waals surface area (Å²) in [5, 5.41) is 17.4. The molecule has 1 aliphatic carbocycles. The third-order valence-electron chi connectivity index (χ3n) is 5.38. The third kappa shape index (κ3) is 4.66. The van der Waals surface area contributed by atoms with Gasteiger partial charge in [-0.15, -0.1) is 0 Å². The molecule has 30 heavy (non-hydrogen) atoms. The Morgan fingerprint density at radius 2 is 1.83 bits per heavy atom. The Kier molecular flexibility index (Phi) is 6.04. The highest BCUT2D eigenvalue weighted by atomic mass is 16.5. The number of amides is 2. The molecule has 1 fully saturated rings. The smallest absolute Gasteiger partial charge is 0.315 e. The third-order valence-corrected chi connectivity index (χ3v) is 5.38. The standard InChI is InChI=1S/C23H23N5O2/c24-14-21-22(26-13-12-25-21)30-19-10-8-18(9-11-19)28-23(29)27-15-17-6-3-5-16-4-1-2-7-20(16)17/h1-7,12-13,18-19H,8-11,15H2,(H2,27,28,29). The highest BCUT2D eigenvalue weighted by molar-refractivity contribution is 5.86. The number of nitrogens with one attached hydrogen (secondary N) is 2. The summed E-state index contributed by atoms with van der Waals surface area (Å²) in [5.74, 6) is 0.282. The molecule has 4 rings (SSSR count). The fraction of sp³-hybridized carbons (Fsp3) is 0.304. The van der Waals surface area contributed by atoms with E-state index in [1.165, 1.54) is 12.4 Å². The molecular weight excluding hydrogens is 378 g/mol. The number of nitriles is 1. The maximum atomic E-state index is 12.4. The molecule has 7 nitrogen and oxygen atoms in total. The minimum atomic E-state index is -0.159. The highest BCUT2D eigenvalue weighted by Gasteiger charge is 2.24. The van der Waals surface area contributed by atoms with Crippen LogP contribution in [0.15, 0.2) is 54.9 Å². The maximum absolute atomic E-state index is 12.4. The van der Waals surface area contributed by atoms with Crippen LogP contribution in [0.4, 0.5) is 4.79 Å². The quantitative estimate of drug-likeness (QED) is 0.679. The van der Waals surface area contributed by atoms with Crippen molar-refractivity contribution in [2.45, 2.75) is 44.4 Å². The second-order valence-corrected chi connectivity index (χ2v) is 7.38. The lowest BCUT2D eigenvalue weighted by atomic mass is 9.93. The second kappa shape index (κ2) is 9.23. The molecule has 0 aliphatic heterocycles. The van der Waals surface area contributed by atoms with Gasteiger partial charge in [-0.3, -0.25) is 0 Å². The monoisotopic (exact) mass is 401 g/mol. The Balaban J connectivity index is 1.25. The fourth-order valence-corrected chi connectivity index (χ4v) is 3.83. The molecule has 1 saturated carbocycles. The molecule has 0 spiro atoms. The molecule has 0 saturated heterocycles. The maximum Gasteiger partial charge on any atom is 0.315 e. The number of carbonyl (C=O) groups is 1. The summed E-state index contributed by atoms with van der Waals surface area (Å²) in [6.07, 6.45) is 6.17. The number of nitrogens with zero attached hydrogens (tertiary/aromatic N) is 3. The van der Waals surface area contributed by atoms with Gasteiger partial charge in [-0.25, -0.2) is 14.8 Å². The van der Waals surface area contributed by atoms with Crippen molar-refractivity contribution < 1.29 is 9.53 Å². The van der Waals surface area contributed by atoms with Gasteiger partial charge >= 0.3 is 6.03 Å². The highest BCUT2D eigenvalue weighted by Crippen LogP contribution is 2.24. The molecule has 3 aromatic rings. The van der Waals surface area contributed by atoms with Crippen LogP contribution in [-0.4, -0.2) is 28.1 Å². The van der Waals surface area contributed by atoms with Crippen LogP contribution in [0, 0.1) is 11.3 Å². The zero-order valence-corrected chi connectivity index (χ0v) is 16.5. The van der Waals surface area contributed by atoms with E-state index in [9.17, 15) is 4.79 Å². The van der Waals surface area contributed by atoms with Gasteiger partial charge in [-0.2, -0.15) is 5.26 Å². The first-order valence-electron chi connectivity index (χ1n) is 10.1. The van der Waals surface area contributed by atoms with Crippen LogP contribution in [0.25, 0.3) is 10.8 Å². The summed E-state index contributed by atoms with van der Waals surface area (Å²) in [4.78, 5) is 20.4. The van der Waals surface area contributed by atoms with Crippen molar-refractivity contribution in [3.63, 3.8) is 0 Å². The van der Waals surface area contributed by atoms with Gasteiger partial charge in [0.2, 0.25) is 5.69 Å². The number of benzene rings is 2. The van der Waals surface area contributed by atoms with Crippen LogP contribution in [-0.2, 0) is 6.54 Å². The number of fused-ring (bicyclic) bond motifs is 1. The molecule has 152 valence electrons. The molecule has 2 N–H and O–H groups in total. The van der Waals surface area contributed by atoms with Crippen molar-refractivity contribution >= 4 is 16.8 Å². The molecule has 1 aliphatic rings. The van der Waals surface area contributed by atoms with E-state index in [1.54, 1.807) is 0 Å². The van der Waals surface area contributed by atoms with Gasteiger partial charge in [0, 0.05) is 25.0 Å². The lowest BCUT2D eigenvalue weighted by molar-refractivity contribution is 0.134. The predicted molar refractivity (Wildman–Crippen MR) is 113 cm³/mol. The van der Waals surface area contributed by atoms with Gasteiger partial charge in [0.05, 0.1) is 0 Å². The summed E-state index contributed by atoms with van der Waals surface area (Å²) < 4.78 is 5.85. The summed E-state index contributed by atoms with van der Waals surface area (Å²) in [6, 6.07) is 16.2. The lowest BCUT2D eigenvalue weighted by Gasteiger charge is -2.29. The van der Waals surface area contributed by atoms with E-state index in [-0.39, 0.29) is 29.8 Å². The molecule has 0 unspecified atom stereocenters. The van der Waals surface area contributed by atoms with E-state index < -0.39 is 0 Å². The topological polar surface area (TPSA) is 99.9 Å². The molecule has 0 atom stereocenters. The Bertz CT molecular complexity index is 1070. The predicted octanol–water partition coefficient (Wildman–Crippen LogP) is 3.69. The van der Waals surface area contributed by atoms with Crippen LogP contribution < -0.4 is 15.4 Å². The average molecular weight is 401 g/mol. The van der Waals surface area contributed by atoms with Crippen molar-refractivity contribution in [3.05, 3.63) is 66.1 Å². The Hall–Kier alpha value is -3.66. The van der Waals surface area contributed by atoms with Crippen molar-refractivity contribution in [1.82, 2.24) is 20.6 Å². The summed E-state index contributed by atoms with van der Waals surface area (Å²) >= 11 is 0. The van der Waals surface area contributed by atoms with Crippen molar-refractivity contribution in [1.29, 1.82) is 5.26 Å². The van der Waals surface area contributed by atoms with E-state index in [1.807, 2.05) is 30.3 Å². The summed E-state index contributed by atoms with van der Waals surface area (Å²) in [6.45, 7) is 0.481. The van der Waals surface area contributed by atoms with Gasteiger partial charge in [-0.1, -0.05) is 42.5 Å². The minimum Gasteiger partial charge on any atom is -0.472 e. The number of rotatable bonds is 5. The van der Waals surface area contributed by atoms with E-state index in [2.05, 4.69) is 38.8 Å². The zero-order chi connectivity index (χ0) is 20.8. The summed E-state index contributed by atoms with van der Waals surface area (Å²) in [7, 11) is 0. The zero-order valence-electron chi connectivity index (χ0n) is 16.5. The van der Waals surface area contributed by atoms with E-state index in [0.29, 0.717) is 6.54 Å². The molecule has 0 radical (unpaired) electrons. The first-order valence-corrected chi connectivity index (χ1v) is 10.1. The molecule has 2 amide bonds. The average Bonchev–Trinajstić information content (AvgIpc) is 2.79. The SMILES string of the molecule is N#Cc1nccnc1OC1CCC(NC(=O)NCc2cccc3ccccc23)CC1. The number of hydrogen-bond acceptors (Lipinski definition) is 5. The summed E-state index contributed by atoms with van der Waals surface area (Å²) in [5.41, 5.74) is 1.29. The van der Waals surface area contributed by atoms with Crippen LogP contribution in [0.2, 0.25) is 0 Å². The lowest BCUT2D eigenvalue weighted by Crippen LogP contribution is -2.44. The number of carbonyl (C=O) groups excluding carboxylic acids is 1.